The Bertz CT molecular complexity index is 575. The van der Waals surface area contributed by atoms with Crippen LogP contribution in [0.3, 0.4) is 0 Å². The van der Waals surface area contributed by atoms with Crippen molar-refractivity contribution in [1.29, 1.82) is 0 Å². The van der Waals surface area contributed by atoms with Gasteiger partial charge >= 0.3 is 5.97 Å². The Labute approximate surface area is 157 Å². The van der Waals surface area contributed by atoms with E-state index in [1.807, 2.05) is 32.9 Å². The molecule has 4 heteroatoms. The fourth-order valence-corrected chi connectivity index (χ4v) is 3.51. The van der Waals surface area contributed by atoms with E-state index in [0.717, 1.165) is 37.8 Å². The van der Waals surface area contributed by atoms with Crippen molar-refractivity contribution in [2.45, 2.75) is 84.3 Å². The fraction of sp³-hybridized carbons (Fsp3) is 0.682. The zero-order valence-corrected chi connectivity index (χ0v) is 16.7. The van der Waals surface area contributed by atoms with Gasteiger partial charge in [-0.15, -0.1) is 0 Å². The molecule has 1 N–H and O–H groups in total. The number of benzene rings is 1. The number of hydrogen-bond donors (Lipinski definition) is 1. The second-order valence-electron chi connectivity index (χ2n) is 8.79. The van der Waals surface area contributed by atoms with Crippen LogP contribution in [0.1, 0.15) is 71.8 Å². The van der Waals surface area contributed by atoms with Crippen LogP contribution in [0.15, 0.2) is 24.3 Å². The third kappa shape index (κ3) is 7.45. The molecule has 1 aliphatic rings. The Hall–Kier alpha value is -1.42. The van der Waals surface area contributed by atoms with E-state index >= 15 is 0 Å². The van der Waals surface area contributed by atoms with Gasteiger partial charge in [-0.1, -0.05) is 25.5 Å². The topological polar surface area (TPSA) is 38.3 Å². The molecular formula is C22H34FNO2. The normalized spacial score (nSPS) is 17.0. The van der Waals surface area contributed by atoms with Gasteiger partial charge in [0.15, 0.2) is 0 Å². The molecule has 1 atom stereocenters. The Balaban J connectivity index is 2.08. The molecule has 0 aliphatic heterocycles. The number of ether oxygens (including phenoxy) is 1. The molecule has 26 heavy (non-hydrogen) atoms. The first kappa shape index (κ1) is 20.9. The van der Waals surface area contributed by atoms with E-state index in [-0.39, 0.29) is 17.2 Å². The monoisotopic (exact) mass is 363 g/mol. The Morgan fingerprint density at radius 2 is 1.85 bits per heavy atom. The van der Waals surface area contributed by atoms with E-state index in [9.17, 15) is 9.18 Å². The highest BCUT2D eigenvalue weighted by molar-refractivity contribution is 5.69. The van der Waals surface area contributed by atoms with Gasteiger partial charge in [0, 0.05) is 19.0 Å². The summed E-state index contributed by atoms with van der Waals surface area (Å²) in [4.78, 5) is 12.3. The van der Waals surface area contributed by atoms with Gasteiger partial charge in [0.05, 0.1) is 0 Å². The summed E-state index contributed by atoms with van der Waals surface area (Å²) in [5.41, 5.74) is 0.668. The molecule has 1 aromatic carbocycles. The van der Waals surface area contributed by atoms with Crippen molar-refractivity contribution in [2.24, 2.45) is 5.41 Å². The van der Waals surface area contributed by atoms with Crippen LogP contribution < -0.4 is 5.32 Å². The molecule has 1 saturated carbocycles. The number of nitrogens with one attached hydrogen (secondary N) is 1. The van der Waals surface area contributed by atoms with E-state index in [2.05, 4.69) is 12.2 Å². The average Bonchev–Trinajstić information content (AvgIpc) is 3.36. The van der Waals surface area contributed by atoms with E-state index < -0.39 is 5.60 Å². The molecule has 3 nitrogen and oxygen atoms in total. The highest BCUT2D eigenvalue weighted by atomic mass is 19.1. The third-order valence-electron chi connectivity index (χ3n) is 4.90. The minimum Gasteiger partial charge on any atom is -0.460 e. The van der Waals surface area contributed by atoms with Crippen molar-refractivity contribution in [2.75, 3.05) is 6.54 Å². The summed E-state index contributed by atoms with van der Waals surface area (Å²) in [6, 6.07) is 7.40. The molecule has 0 spiro atoms. The zero-order valence-electron chi connectivity index (χ0n) is 16.7. The molecule has 1 aromatic rings. The van der Waals surface area contributed by atoms with Crippen LogP contribution in [0.2, 0.25) is 0 Å². The maximum atomic E-state index is 13.3. The summed E-state index contributed by atoms with van der Waals surface area (Å²) >= 11 is 0. The average molecular weight is 364 g/mol. The summed E-state index contributed by atoms with van der Waals surface area (Å²) in [6.07, 6.45) is 6.63. The lowest BCUT2D eigenvalue weighted by molar-refractivity contribution is -0.155. The molecule has 0 aromatic heterocycles. The Kier molecular flexibility index (Phi) is 7.22. The van der Waals surface area contributed by atoms with Crippen molar-refractivity contribution in [1.82, 2.24) is 5.32 Å². The van der Waals surface area contributed by atoms with Crippen LogP contribution >= 0.6 is 0 Å². The van der Waals surface area contributed by atoms with Crippen LogP contribution in [-0.4, -0.2) is 24.2 Å². The SMILES string of the molecule is CCCC(CCC(=O)OC(C)(C)C)(CNC1CC1)Cc1ccc(F)cc1. The first-order valence-corrected chi connectivity index (χ1v) is 9.91. The standard InChI is InChI=1S/C22H34FNO2/c1-5-13-22(16-24-19-10-11-19,14-12-20(25)26-21(2,3)4)15-17-6-8-18(23)9-7-17/h6-9,19,24H,5,10-16H2,1-4H3. The summed E-state index contributed by atoms with van der Waals surface area (Å²) in [6.45, 7) is 8.78. The maximum absolute atomic E-state index is 13.3. The highest BCUT2D eigenvalue weighted by Gasteiger charge is 2.33. The molecular weight excluding hydrogens is 329 g/mol. The van der Waals surface area contributed by atoms with Gasteiger partial charge in [0.1, 0.15) is 11.4 Å². The highest BCUT2D eigenvalue weighted by Crippen LogP contribution is 2.35. The molecule has 1 unspecified atom stereocenters. The van der Waals surface area contributed by atoms with Crippen molar-refractivity contribution >= 4 is 5.97 Å². The number of halogens is 1. The largest absolute Gasteiger partial charge is 0.460 e. The molecule has 146 valence electrons. The molecule has 1 fully saturated rings. The van der Waals surface area contributed by atoms with Gasteiger partial charge in [-0.2, -0.15) is 0 Å². The van der Waals surface area contributed by atoms with Crippen LogP contribution in [-0.2, 0) is 16.0 Å². The Morgan fingerprint density at radius 1 is 1.19 bits per heavy atom. The van der Waals surface area contributed by atoms with E-state index in [0.29, 0.717) is 12.5 Å². The molecule has 0 bridgehead atoms. The predicted octanol–water partition coefficient (Wildman–Crippen LogP) is 5.03. The lowest BCUT2D eigenvalue weighted by Gasteiger charge is -2.35. The Morgan fingerprint density at radius 3 is 2.38 bits per heavy atom. The summed E-state index contributed by atoms with van der Waals surface area (Å²) in [5, 5.41) is 3.66. The molecule has 0 heterocycles. The predicted molar refractivity (Wildman–Crippen MR) is 104 cm³/mol. The van der Waals surface area contributed by atoms with Gasteiger partial charge in [-0.05, 0) is 76.0 Å². The van der Waals surface area contributed by atoms with Crippen LogP contribution in [0, 0.1) is 11.2 Å². The van der Waals surface area contributed by atoms with Crippen LogP contribution in [0.25, 0.3) is 0 Å². The van der Waals surface area contributed by atoms with Gasteiger partial charge < -0.3 is 10.1 Å². The first-order chi connectivity index (χ1) is 12.2. The van der Waals surface area contributed by atoms with Crippen molar-refractivity contribution < 1.29 is 13.9 Å². The number of esters is 1. The molecule has 0 amide bonds. The molecule has 1 aliphatic carbocycles. The van der Waals surface area contributed by atoms with E-state index in [1.165, 1.54) is 25.0 Å². The minimum absolute atomic E-state index is 0.00786. The lowest BCUT2D eigenvalue weighted by atomic mass is 9.74. The molecule has 0 radical (unpaired) electrons. The van der Waals surface area contributed by atoms with E-state index in [1.54, 1.807) is 0 Å². The van der Waals surface area contributed by atoms with Gasteiger partial charge in [0.2, 0.25) is 0 Å². The van der Waals surface area contributed by atoms with E-state index in [4.69, 9.17) is 4.74 Å². The quantitative estimate of drug-likeness (QED) is 0.593. The summed E-state index contributed by atoms with van der Waals surface area (Å²) in [5.74, 6) is -0.344. The maximum Gasteiger partial charge on any atom is 0.306 e. The summed E-state index contributed by atoms with van der Waals surface area (Å²) in [7, 11) is 0. The van der Waals surface area contributed by atoms with Gasteiger partial charge in [0.25, 0.3) is 0 Å². The molecule has 2 rings (SSSR count). The van der Waals surface area contributed by atoms with Crippen molar-refractivity contribution in [3.8, 4) is 0 Å². The van der Waals surface area contributed by atoms with Gasteiger partial charge in [-0.3, -0.25) is 4.79 Å². The molecule has 0 saturated heterocycles. The van der Waals surface area contributed by atoms with Crippen molar-refractivity contribution in [3.63, 3.8) is 0 Å². The number of hydrogen-bond acceptors (Lipinski definition) is 3. The number of carbonyl (C=O) groups excluding carboxylic acids is 1. The number of rotatable bonds is 10. The lowest BCUT2D eigenvalue weighted by Crippen LogP contribution is -2.38. The smallest absolute Gasteiger partial charge is 0.306 e. The second-order valence-corrected chi connectivity index (χ2v) is 8.79. The fourth-order valence-electron chi connectivity index (χ4n) is 3.51. The number of carbonyl (C=O) groups is 1. The van der Waals surface area contributed by atoms with Gasteiger partial charge in [-0.25, -0.2) is 4.39 Å². The van der Waals surface area contributed by atoms with Crippen LogP contribution in [0.4, 0.5) is 4.39 Å². The third-order valence-corrected chi connectivity index (χ3v) is 4.90. The van der Waals surface area contributed by atoms with Crippen LogP contribution in [0.5, 0.6) is 0 Å². The second kappa shape index (κ2) is 8.98. The minimum atomic E-state index is -0.451. The zero-order chi connectivity index (χ0) is 19.2. The van der Waals surface area contributed by atoms with Crippen molar-refractivity contribution in [3.05, 3.63) is 35.6 Å². The first-order valence-electron chi connectivity index (χ1n) is 9.91. The summed E-state index contributed by atoms with van der Waals surface area (Å²) < 4.78 is 18.8.